The lowest BCUT2D eigenvalue weighted by Crippen LogP contribution is -2.58. The molecule has 0 spiro atoms. The molecule has 4 rings (SSSR count). The molecule has 3 aromatic carbocycles. The van der Waals surface area contributed by atoms with Crippen molar-refractivity contribution in [1.82, 2.24) is 9.80 Å². The van der Waals surface area contributed by atoms with Crippen molar-refractivity contribution >= 4 is 6.09 Å². The smallest absolute Gasteiger partial charge is 0.410 e. The highest BCUT2D eigenvalue weighted by atomic mass is 16.6. The Kier molecular flexibility index (Phi) is 9.59. The fourth-order valence-corrected chi connectivity index (χ4v) is 5.36. The minimum Gasteiger partial charge on any atom is -0.444 e. The van der Waals surface area contributed by atoms with E-state index in [0.717, 1.165) is 19.3 Å². The number of aliphatic hydroxyl groups is 1. The maximum Gasteiger partial charge on any atom is 0.410 e. The molecule has 1 amide bonds. The molecule has 1 aliphatic rings. The molecule has 1 saturated heterocycles. The van der Waals surface area contributed by atoms with Crippen molar-refractivity contribution in [1.29, 1.82) is 0 Å². The average molecular weight is 515 g/mol. The summed E-state index contributed by atoms with van der Waals surface area (Å²) in [5, 5.41) is 12.1. The van der Waals surface area contributed by atoms with Crippen molar-refractivity contribution in [3.05, 3.63) is 108 Å². The summed E-state index contributed by atoms with van der Waals surface area (Å²) in [6.07, 6.45) is 2.27. The zero-order valence-corrected chi connectivity index (χ0v) is 23.0. The summed E-state index contributed by atoms with van der Waals surface area (Å²) in [6, 6.07) is 30.7. The van der Waals surface area contributed by atoms with Crippen LogP contribution in [0.1, 0.15) is 56.7 Å². The molecule has 5 heteroatoms. The minimum atomic E-state index is -0.740. The van der Waals surface area contributed by atoms with Crippen LogP contribution < -0.4 is 0 Å². The van der Waals surface area contributed by atoms with E-state index >= 15 is 0 Å². The molecule has 1 aliphatic heterocycles. The molecule has 0 radical (unpaired) electrons. The van der Waals surface area contributed by atoms with Crippen molar-refractivity contribution in [3.63, 3.8) is 0 Å². The Morgan fingerprint density at radius 1 is 0.868 bits per heavy atom. The van der Waals surface area contributed by atoms with Gasteiger partial charge >= 0.3 is 6.09 Å². The Labute approximate surface area is 228 Å². The summed E-state index contributed by atoms with van der Waals surface area (Å²) in [4.78, 5) is 17.4. The van der Waals surface area contributed by atoms with E-state index in [2.05, 4.69) is 65.6 Å². The fourth-order valence-electron chi connectivity index (χ4n) is 5.36. The predicted octanol–water partition coefficient (Wildman–Crippen LogP) is 6.45. The number of likely N-dealkylation sites (tertiary alicyclic amines) is 1. The minimum absolute atomic E-state index is 0.203. The zero-order chi connectivity index (χ0) is 27.0. The summed E-state index contributed by atoms with van der Waals surface area (Å²) in [5.74, 6) is 0. The average Bonchev–Trinajstić information content (AvgIpc) is 2.92. The van der Waals surface area contributed by atoms with Crippen LogP contribution in [0.15, 0.2) is 91.0 Å². The molecule has 0 aromatic heterocycles. The van der Waals surface area contributed by atoms with E-state index in [1.54, 1.807) is 4.90 Å². The zero-order valence-electron chi connectivity index (χ0n) is 23.0. The summed E-state index contributed by atoms with van der Waals surface area (Å²) in [7, 11) is 0. The molecule has 3 atom stereocenters. The molecule has 0 bridgehead atoms. The van der Waals surface area contributed by atoms with Crippen LogP contribution in [0, 0.1) is 0 Å². The number of amides is 1. The topological polar surface area (TPSA) is 53.0 Å². The fraction of sp³-hybridized carbons (Fsp3) is 0.424. The van der Waals surface area contributed by atoms with Crippen LogP contribution in [0.5, 0.6) is 0 Å². The molecule has 1 fully saturated rings. The van der Waals surface area contributed by atoms with Crippen LogP contribution in [0.25, 0.3) is 0 Å². The van der Waals surface area contributed by atoms with Crippen molar-refractivity contribution < 1.29 is 14.6 Å². The number of hydrogen-bond acceptors (Lipinski definition) is 4. The van der Waals surface area contributed by atoms with Gasteiger partial charge in [-0.15, -0.1) is 0 Å². The number of ether oxygens (including phenoxy) is 1. The first-order valence-electron chi connectivity index (χ1n) is 13.8. The first-order chi connectivity index (χ1) is 18.3. The normalized spacial score (nSPS) is 17.7. The number of hydrogen-bond donors (Lipinski definition) is 1. The van der Waals surface area contributed by atoms with E-state index in [0.29, 0.717) is 26.1 Å². The second-order valence-electron chi connectivity index (χ2n) is 11.4. The Hall–Kier alpha value is -3.15. The lowest BCUT2D eigenvalue weighted by Gasteiger charge is -2.44. The molecular formula is C33H42N2O3. The largest absolute Gasteiger partial charge is 0.444 e. The lowest BCUT2D eigenvalue weighted by atomic mass is 9.89. The number of carbonyl (C=O) groups is 1. The van der Waals surface area contributed by atoms with Gasteiger partial charge in [-0.05, 0) is 63.1 Å². The van der Waals surface area contributed by atoms with Gasteiger partial charge in [0.15, 0.2) is 0 Å². The second-order valence-corrected chi connectivity index (χ2v) is 11.4. The molecule has 1 heterocycles. The van der Waals surface area contributed by atoms with Crippen LogP contribution in [0.4, 0.5) is 4.79 Å². The first kappa shape index (κ1) is 27.9. The van der Waals surface area contributed by atoms with Gasteiger partial charge in [0.05, 0.1) is 12.1 Å². The number of nitrogens with zero attached hydrogens (tertiary/aromatic N) is 2. The Morgan fingerprint density at radius 2 is 1.37 bits per heavy atom. The highest BCUT2D eigenvalue weighted by Crippen LogP contribution is 2.28. The number of benzene rings is 3. The number of piperidine rings is 1. The van der Waals surface area contributed by atoms with Crippen molar-refractivity contribution in [2.45, 2.75) is 83.3 Å². The third kappa shape index (κ3) is 7.92. The van der Waals surface area contributed by atoms with E-state index in [4.69, 9.17) is 4.74 Å². The van der Waals surface area contributed by atoms with Gasteiger partial charge < -0.3 is 14.7 Å². The summed E-state index contributed by atoms with van der Waals surface area (Å²) in [6.45, 7) is 7.67. The van der Waals surface area contributed by atoms with E-state index < -0.39 is 11.7 Å². The first-order valence-corrected chi connectivity index (χ1v) is 13.8. The molecule has 1 N–H and O–H groups in total. The number of carbonyl (C=O) groups excluding carboxylic acids is 1. The van der Waals surface area contributed by atoms with E-state index in [9.17, 15) is 9.90 Å². The highest BCUT2D eigenvalue weighted by Gasteiger charge is 2.40. The van der Waals surface area contributed by atoms with Gasteiger partial charge in [-0.1, -0.05) is 91.0 Å². The van der Waals surface area contributed by atoms with Gasteiger partial charge in [-0.25, -0.2) is 4.79 Å². The number of aliphatic hydroxyl groups excluding tert-OH is 1. The third-order valence-electron chi connectivity index (χ3n) is 7.18. The molecule has 0 aliphatic carbocycles. The molecule has 3 aromatic rings. The van der Waals surface area contributed by atoms with Crippen LogP contribution >= 0.6 is 0 Å². The Balaban J connectivity index is 1.68. The van der Waals surface area contributed by atoms with E-state index in [1.165, 1.54) is 16.7 Å². The standard InChI is InChI=1S/C33H42N2O3/c1-33(2,3)38-32(37)35-22-14-13-21-29(35)31(36)30(23-26-15-7-4-8-16-26)34(24-27-17-9-5-10-18-27)25-28-19-11-6-12-20-28/h4-12,15-20,29-31,36H,13-14,21-25H2,1-3H3. The maximum absolute atomic E-state index is 13.2. The molecule has 5 nitrogen and oxygen atoms in total. The van der Waals surface area contributed by atoms with Crippen LogP contribution in [0.3, 0.4) is 0 Å². The van der Waals surface area contributed by atoms with Gasteiger partial charge in [-0.2, -0.15) is 0 Å². The van der Waals surface area contributed by atoms with Crippen LogP contribution in [-0.4, -0.2) is 51.3 Å². The van der Waals surface area contributed by atoms with Crippen LogP contribution in [-0.2, 0) is 24.2 Å². The highest BCUT2D eigenvalue weighted by molar-refractivity contribution is 5.68. The summed E-state index contributed by atoms with van der Waals surface area (Å²) >= 11 is 0. The lowest BCUT2D eigenvalue weighted by molar-refractivity contribution is -0.0463. The Morgan fingerprint density at radius 3 is 1.87 bits per heavy atom. The maximum atomic E-state index is 13.2. The van der Waals surface area contributed by atoms with E-state index in [-0.39, 0.29) is 18.2 Å². The SMILES string of the molecule is CC(C)(C)OC(=O)N1CCCCC1C(O)C(Cc1ccccc1)N(Cc1ccccc1)Cc1ccccc1. The van der Waals surface area contributed by atoms with Crippen molar-refractivity contribution in [2.24, 2.45) is 0 Å². The predicted molar refractivity (Wildman–Crippen MR) is 153 cm³/mol. The van der Waals surface area contributed by atoms with Gasteiger partial charge in [0.2, 0.25) is 0 Å². The molecule has 202 valence electrons. The molecule has 0 saturated carbocycles. The van der Waals surface area contributed by atoms with Gasteiger partial charge in [-0.3, -0.25) is 4.90 Å². The third-order valence-corrected chi connectivity index (χ3v) is 7.18. The van der Waals surface area contributed by atoms with Crippen LogP contribution in [0.2, 0.25) is 0 Å². The quantitative estimate of drug-likeness (QED) is 0.357. The molecule has 38 heavy (non-hydrogen) atoms. The van der Waals surface area contributed by atoms with Gasteiger partial charge in [0, 0.05) is 25.7 Å². The van der Waals surface area contributed by atoms with Crippen molar-refractivity contribution in [2.75, 3.05) is 6.54 Å². The second kappa shape index (κ2) is 13.1. The number of rotatable bonds is 9. The van der Waals surface area contributed by atoms with Crippen molar-refractivity contribution in [3.8, 4) is 0 Å². The summed E-state index contributed by atoms with van der Waals surface area (Å²) < 4.78 is 5.77. The van der Waals surface area contributed by atoms with Gasteiger partial charge in [0.25, 0.3) is 0 Å². The molecular weight excluding hydrogens is 472 g/mol. The van der Waals surface area contributed by atoms with Gasteiger partial charge in [0.1, 0.15) is 5.60 Å². The monoisotopic (exact) mass is 514 g/mol. The summed E-state index contributed by atoms with van der Waals surface area (Å²) in [5.41, 5.74) is 2.98. The molecule has 3 unspecified atom stereocenters. The van der Waals surface area contributed by atoms with E-state index in [1.807, 2.05) is 51.1 Å². The Bertz CT molecular complexity index is 1070.